The second-order valence-corrected chi connectivity index (χ2v) is 9.41. The number of thiazole rings is 1. The number of pyridine rings is 1. The second-order valence-electron chi connectivity index (χ2n) is 8.52. The maximum absolute atomic E-state index is 15.2. The Labute approximate surface area is 209 Å². The molecule has 9 heteroatoms. The first-order valence-corrected chi connectivity index (χ1v) is 12.3. The zero-order valence-electron chi connectivity index (χ0n) is 19.0. The molecule has 1 fully saturated rings. The van der Waals surface area contributed by atoms with Crippen molar-refractivity contribution in [2.24, 2.45) is 0 Å². The van der Waals surface area contributed by atoms with Gasteiger partial charge in [-0.25, -0.2) is 9.37 Å². The Hall–Kier alpha value is -4.37. The summed E-state index contributed by atoms with van der Waals surface area (Å²) >= 11 is 1.59. The van der Waals surface area contributed by atoms with E-state index in [0.29, 0.717) is 24.2 Å². The number of hydrogen-bond donors (Lipinski definition) is 2. The lowest BCUT2D eigenvalue weighted by atomic mass is 10.00. The molecule has 1 aliphatic heterocycles. The highest BCUT2D eigenvalue weighted by atomic mass is 32.1. The summed E-state index contributed by atoms with van der Waals surface area (Å²) in [6.45, 7) is 0.770. The minimum absolute atomic E-state index is 0.0228. The average molecular weight is 498 g/mol. The second kappa shape index (κ2) is 9.01. The molecule has 3 heterocycles. The predicted molar refractivity (Wildman–Crippen MR) is 139 cm³/mol. The first-order chi connectivity index (χ1) is 17.5. The Kier molecular flexibility index (Phi) is 5.54. The van der Waals surface area contributed by atoms with Gasteiger partial charge in [0.25, 0.3) is 5.91 Å². The van der Waals surface area contributed by atoms with Crippen LogP contribution in [0.2, 0.25) is 0 Å². The highest BCUT2D eigenvalue weighted by molar-refractivity contribution is 7.16. The normalized spacial score (nSPS) is 13.7. The highest BCUT2D eigenvalue weighted by Gasteiger charge is 2.23. The van der Waals surface area contributed by atoms with Gasteiger partial charge in [0, 0.05) is 47.2 Å². The van der Waals surface area contributed by atoms with Gasteiger partial charge in [0.2, 0.25) is 5.91 Å². The largest absolute Gasteiger partial charge is 0.355 e. The summed E-state index contributed by atoms with van der Waals surface area (Å²) in [4.78, 5) is 34.6. The van der Waals surface area contributed by atoms with Gasteiger partial charge in [-0.15, -0.1) is 11.3 Å². The number of hydrogen-bond acceptors (Lipinski definition) is 6. The number of piperazine rings is 1. The van der Waals surface area contributed by atoms with Crippen molar-refractivity contribution in [2.45, 2.75) is 0 Å². The Morgan fingerprint density at radius 1 is 1.03 bits per heavy atom. The molecule has 0 radical (unpaired) electrons. The SMILES string of the molecule is O=C1CN(C(=O)c2ccc(-c3ccc4nccc(Nc5ccc6scnc6c5)c4c3)c(F)c2)CCN1. The summed E-state index contributed by atoms with van der Waals surface area (Å²) in [5, 5.41) is 6.96. The zero-order chi connectivity index (χ0) is 24.6. The fraction of sp³-hybridized carbons (Fsp3) is 0.111. The van der Waals surface area contributed by atoms with Gasteiger partial charge in [-0.05, 0) is 54.1 Å². The van der Waals surface area contributed by atoms with Crippen LogP contribution in [0.3, 0.4) is 0 Å². The topological polar surface area (TPSA) is 87.2 Å². The van der Waals surface area contributed by atoms with Crippen molar-refractivity contribution in [3.8, 4) is 11.1 Å². The molecule has 5 aromatic rings. The fourth-order valence-corrected chi connectivity index (χ4v) is 5.05. The summed E-state index contributed by atoms with van der Waals surface area (Å²) in [7, 11) is 0. The molecule has 0 saturated carbocycles. The van der Waals surface area contributed by atoms with Crippen LogP contribution in [-0.2, 0) is 4.79 Å². The van der Waals surface area contributed by atoms with E-state index in [9.17, 15) is 9.59 Å². The van der Waals surface area contributed by atoms with Gasteiger partial charge in [0.05, 0.1) is 27.8 Å². The molecular formula is C27H20FN5O2S. The van der Waals surface area contributed by atoms with Crippen LogP contribution in [0.25, 0.3) is 32.2 Å². The third kappa shape index (κ3) is 4.14. The van der Waals surface area contributed by atoms with E-state index in [1.165, 1.54) is 11.0 Å². The number of carbonyl (C=O) groups excluding carboxylic acids is 2. The molecule has 0 bridgehead atoms. The molecule has 36 heavy (non-hydrogen) atoms. The van der Waals surface area contributed by atoms with Crippen molar-refractivity contribution < 1.29 is 14.0 Å². The van der Waals surface area contributed by atoms with Crippen LogP contribution in [0.15, 0.2) is 72.4 Å². The quantitative estimate of drug-likeness (QED) is 0.366. The summed E-state index contributed by atoms with van der Waals surface area (Å²) in [5.41, 5.74) is 6.51. The van der Waals surface area contributed by atoms with Crippen molar-refractivity contribution in [2.75, 3.05) is 25.0 Å². The van der Waals surface area contributed by atoms with Gasteiger partial charge in [0.15, 0.2) is 0 Å². The maximum Gasteiger partial charge on any atom is 0.254 e. The maximum atomic E-state index is 15.2. The third-order valence-corrected chi connectivity index (χ3v) is 7.01. The van der Waals surface area contributed by atoms with E-state index in [2.05, 4.69) is 20.6 Å². The van der Waals surface area contributed by atoms with Gasteiger partial charge in [0.1, 0.15) is 5.82 Å². The number of halogens is 1. The molecule has 0 spiro atoms. The monoisotopic (exact) mass is 497 g/mol. The van der Waals surface area contributed by atoms with E-state index in [1.54, 1.807) is 29.7 Å². The number of nitrogens with zero attached hydrogens (tertiary/aromatic N) is 3. The molecular weight excluding hydrogens is 477 g/mol. The van der Waals surface area contributed by atoms with E-state index < -0.39 is 5.82 Å². The minimum Gasteiger partial charge on any atom is -0.355 e. The summed E-state index contributed by atoms with van der Waals surface area (Å²) in [6.07, 6.45) is 1.73. The fourth-order valence-electron chi connectivity index (χ4n) is 4.39. The Bertz CT molecular complexity index is 1650. The molecule has 0 aliphatic carbocycles. The molecule has 2 amide bonds. The number of benzene rings is 3. The van der Waals surface area contributed by atoms with E-state index in [1.807, 2.05) is 48.0 Å². The lowest BCUT2D eigenvalue weighted by molar-refractivity contribution is -0.123. The molecule has 0 atom stereocenters. The summed E-state index contributed by atoms with van der Waals surface area (Å²) in [5.74, 6) is -1.08. The van der Waals surface area contributed by atoms with E-state index >= 15 is 4.39 Å². The summed E-state index contributed by atoms with van der Waals surface area (Å²) in [6, 6.07) is 17.9. The average Bonchev–Trinajstić information content (AvgIpc) is 3.36. The minimum atomic E-state index is -0.506. The number of rotatable bonds is 4. The first-order valence-electron chi connectivity index (χ1n) is 11.4. The third-order valence-electron chi connectivity index (χ3n) is 6.20. The van der Waals surface area contributed by atoms with Crippen LogP contribution >= 0.6 is 11.3 Å². The van der Waals surface area contributed by atoms with Crippen molar-refractivity contribution >= 4 is 55.6 Å². The van der Waals surface area contributed by atoms with E-state index in [0.717, 1.165) is 32.5 Å². The van der Waals surface area contributed by atoms with Gasteiger partial charge in [-0.2, -0.15) is 0 Å². The molecule has 0 unspecified atom stereocenters. The number of amides is 2. The van der Waals surface area contributed by atoms with Crippen LogP contribution in [0.5, 0.6) is 0 Å². The number of anilines is 2. The van der Waals surface area contributed by atoms with E-state index in [-0.39, 0.29) is 23.9 Å². The van der Waals surface area contributed by atoms with Crippen LogP contribution < -0.4 is 10.6 Å². The van der Waals surface area contributed by atoms with Gasteiger partial charge in [-0.3, -0.25) is 14.6 Å². The number of carbonyl (C=O) groups is 2. The first kappa shape index (κ1) is 22.1. The lowest BCUT2D eigenvalue weighted by Crippen LogP contribution is -2.49. The van der Waals surface area contributed by atoms with Crippen molar-refractivity contribution in [3.63, 3.8) is 0 Å². The molecule has 6 rings (SSSR count). The molecule has 7 nitrogen and oxygen atoms in total. The number of nitrogens with one attached hydrogen (secondary N) is 2. The molecule has 178 valence electrons. The van der Waals surface area contributed by atoms with Gasteiger partial charge >= 0.3 is 0 Å². The Balaban J connectivity index is 1.32. The highest BCUT2D eigenvalue weighted by Crippen LogP contribution is 2.32. The van der Waals surface area contributed by atoms with Crippen LogP contribution in [0.4, 0.5) is 15.8 Å². The van der Waals surface area contributed by atoms with Crippen LogP contribution in [-0.4, -0.2) is 46.3 Å². The van der Waals surface area contributed by atoms with E-state index in [4.69, 9.17) is 0 Å². The summed E-state index contributed by atoms with van der Waals surface area (Å²) < 4.78 is 16.3. The lowest BCUT2D eigenvalue weighted by Gasteiger charge is -2.26. The molecule has 1 aliphatic rings. The number of fused-ring (bicyclic) bond motifs is 2. The predicted octanol–water partition coefficient (Wildman–Crippen LogP) is 4.97. The van der Waals surface area contributed by atoms with Gasteiger partial charge < -0.3 is 15.5 Å². The van der Waals surface area contributed by atoms with Crippen LogP contribution in [0.1, 0.15) is 10.4 Å². The smallest absolute Gasteiger partial charge is 0.254 e. The standard InChI is InChI=1S/C27H20FN5O2S/c28-21-12-17(27(35)33-10-9-30-26(34)14-33)1-4-19(21)16-2-5-22-20(11-16)23(7-8-29-22)32-18-3-6-25-24(13-18)31-15-36-25/h1-8,11-13,15H,9-10,14H2,(H,29,32)(H,30,34). The molecule has 2 N–H and O–H groups in total. The molecule has 1 saturated heterocycles. The number of aromatic nitrogens is 2. The van der Waals surface area contributed by atoms with Gasteiger partial charge in [-0.1, -0.05) is 12.1 Å². The zero-order valence-corrected chi connectivity index (χ0v) is 19.8. The molecule has 2 aromatic heterocycles. The Morgan fingerprint density at radius 3 is 2.81 bits per heavy atom. The van der Waals surface area contributed by atoms with Crippen LogP contribution in [0, 0.1) is 5.82 Å². The van der Waals surface area contributed by atoms with Crippen molar-refractivity contribution in [1.29, 1.82) is 0 Å². The van der Waals surface area contributed by atoms with Crippen molar-refractivity contribution in [3.05, 3.63) is 83.8 Å². The Morgan fingerprint density at radius 2 is 1.94 bits per heavy atom. The molecule has 3 aromatic carbocycles. The van der Waals surface area contributed by atoms with Crippen molar-refractivity contribution in [1.82, 2.24) is 20.2 Å².